The van der Waals surface area contributed by atoms with Crippen molar-refractivity contribution in [3.8, 4) is 0 Å². The van der Waals surface area contributed by atoms with Crippen LogP contribution in [0, 0.1) is 5.82 Å². The van der Waals surface area contributed by atoms with E-state index >= 15 is 0 Å². The quantitative estimate of drug-likeness (QED) is 0.596. The molecule has 110 valence electrons. The minimum absolute atomic E-state index is 0.0710. The van der Waals surface area contributed by atoms with Gasteiger partial charge in [-0.15, -0.1) is 11.8 Å². The molecule has 1 aromatic rings. The van der Waals surface area contributed by atoms with E-state index in [1.165, 1.54) is 30.8 Å². The number of Topliss-reactive ketones (excluding diaryl/α,β-unsaturated/α-hetero) is 1. The molecule has 1 unspecified atom stereocenters. The number of hydrogen-bond donors (Lipinski definition) is 2. The predicted molar refractivity (Wildman–Crippen MR) is 78.7 cm³/mol. The molecular weight excluding hydrogens is 279 g/mol. The van der Waals surface area contributed by atoms with Gasteiger partial charge in [0.05, 0.1) is 11.3 Å². The van der Waals surface area contributed by atoms with Gasteiger partial charge >= 0.3 is 0 Å². The molecule has 0 aliphatic heterocycles. The standard InChI is InChI=1S/C14H19FN2O2S/c1-9(16-3)7-17-14(19)8-20-11-4-5-12(10(2)18)13(15)6-11/h4-6,9,16H,7-8H2,1-3H3,(H,17,19). The van der Waals surface area contributed by atoms with Crippen molar-refractivity contribution in [2.24, 2.45) is 0 Å². The fourth-order valence-corrected chi connectivity index (χ4v) is 2.19. The first-order valence-corrected chi connectivity index (χ1v) is 7.30. The monoisotopic (exact) mass is 298 g/mol. The molecule has 0 spiro atoms. The minimum atomic E-state index is -0.549. The number of thioether (sulfide) groups is 1. The molecule has 1 rings (SSSR count). The van der Waals surface area contributed by atoms with Crippen LogP contribution in [0.1, 0.15) is 24.2 Å². The summed E-state index contributed by atoms with van der Waals surface area (Å²) in [6, 6.07) is 4.58. The van der Waals surface area contributed by atoms with Gasteiger partial charge in [-0.25, -0.2) is 4.39 Å². The van der Waals surface area contributed by atoms with Gasteiger partial charge in [-0.3, -0.25) is 9.59 Å². The molecule has 1 aromatic carbocycles. The van der Waals surface area contributed by atoms with Crippen molar-refractivity contribution in [1.29, 1.82) is 0 Å². The summed E-state index contributed by atoms with van der Waals surface area (Å²) in [5.41, 5.74) is 0.0710. The topological polar surface area (TPSA) is 58.2 Å². The second-order valence-corrected chi connectivity index (χ2v) is 5.53. The Hall–Kier alpha value is -1.40. The molecule has 6 heteroatoms. The Kier molecular flexibility index (Phi) is 6.67. The van der Waals surface area contributed by atoms with E-state index < -0.39 is 5.82 Å². The van der Waals surface area contributed by atoms with Gasteiger partial charge in [0.2, 0.25) is 5.91 Å². The summed E-state index contributed by atoms with van der Waals surface area (Å²) in [5, 5.41) is 5.79. The van der Waals surface area contributed by atoms with E-state index in [1.54, 1.807) is 6.07 Å². The molecule has 0 aliphatic rings. The highest BCUT2D eigenvalue weighted by molar-refractivity contribution is 8.00. The van der Waals surface area contributed by atoms with E-state index in [0.717, 1.165) is 0 Å². The zero-order valence-corrected chi connectivity index (χ0v) is 12.6. The number of halogens is 1. The third-order valence-electron chi connectivity index (χ3n) is 2.79. The molecule has 0 radical (unpaired) electrons. The third-order valence-corrected chi connectivity index (χ3v) is 3.78. The lowest BCUT2D eigenvalue weighted by Crippen LogP contribution is -2.37. The zero-order chi connectivity index (χ0) is 15.1. The Morgan fingerprint density at radius 3 is 2.65 bits per heavy atom. The number of carbonyl (C=O) groups excluding carboxylic acids is 2. The maximum Gasteiger partial charge on any atom is 0.230 e. The molecule has 0 fully saturated rings. The minimum Gasteiger partial charge on any atom is -0.354 e. The lowest BCUT2D eigenvalue weighted by atomic mass is 10.1. The first-order valence-electron chi connectivity index (χ1n) is 6.31. The van der Waals surface area contributed by atoms with Crippen LogP contribution in [0.25, 0.3) is 0 Å². The van der Waals surface area contributed by atoms with E-state index in [1.807, 2.05) is 14.0 Å². The number of amides is 1. The van der Waals surface area contributed by atoms with Crippen molar-refractivity contribution in [2.45, 2.75) is 24.8 Å². The van der Waals surface area contributed by atoms with Crippen LogP contribution < -0.4 is 10.6 Å². The van der Waals surface area contributed by atoms with Gasteiger partial charge < -0.3 is 10.6 Å². The van der Waals surface area contributed by atoms with E-state index in [9.17, 15) is 14.0 Å². The van der Waals surface area contributed by atoms with E-state index in [4.69, 9.17) is 0 Å². The van der Waals surface area contributed by atoms with Crippen LogP contribution in [-0.4, -0.2) is 37.1 Å². The number of benzene rings is 1. The van der Waals surface area contributed by atoms with Crippen molar-refractivity contribution < 1.29 is 14.0 Å². The average Bonchev–Trinajstić information content (AvgIpc) is 2.42. The molecule has 0 heterocycles. The fraction of sp³-hybridized carbons (Fsp3) is 0.429. The zero-order valence-electron chi connectivity index (χ0n) is 11.8. The van der Waals surface area contributed by atoms with Crippen LogP contribution in [0.15, 0.2) is 23.1 Å². The van der Waals surface area contributed by atoms with Gasteiger partial charge in [-0.2, -0.15) is 0 Å². The van der Waals surface area contributed by atoms with Gasteiger partial charge in [0.1, 0.15) is 5.82 Å². The first kappa shape index (κ1) is 16.7. The summed E-state index contributed by atoms with van der Waals surface area (Å²) in [5.74, 6) is -0.743. The van der Waals surface area contributed by atoms with Crippen molar-refractivity contribution in [1.82, 2.24) is 10.6 Å². The van der Waals surface area contributed by atoms with Crippen molar-refractivity contribution in [2.75, 3.05) is 19.3 Å². The van der Waals surface area contributed by atoms with Crippen molar-refractivity contribution in [3.05, 3.63) is 29.6 Å². The number of hydrogen-bond acceptors (Lipinski definition) is 4. The van der Waals surface area contributed by atoms with Crippen LogP contribution >= 0.6 is 11.8 Å². The van der Waals surface area contributed by atoms with Gasteiger partial charge in [0, 0.05) is 17.5 Å². The van der Waals surface area contributed by atoms with Crippen molar-refractivity contribution in [3.63, 3.8) is 0 Å². The van der Waals surface area contributed by atoms with Gasteiger partial charge in [0.25, 0.3) is 0 Å². The molecule has 0 saturated heterocycles. The number of nitrogens with one attached hydrogen (secondary N) is 2. The second-order valence-electron chi connectivity index (χ2n) is 4.48. The Balaban J connectivity index is 2.48. The number of carbonyl (C=O) groups is 2. The summed E-state index contributed by atoms with van der Waals surface area (Å²) in [4.78, 5) is 23.3. The predicted octanol–water partition coefficient (Wildman–Crippen LogP) is 1.84. The molecule has 0 bridgehead atoms. The Labute approximate surface area is 122 Å². The molecule has 0 aromatic heterocycles. The molecule has 0 aliphatic carbocycles. The Morgan fingerprint density at radius 2 is 2.10 bits per heavy atom. The maximum atomic E-state index is 13.6. The molecule has 4 nitrogen and oxygen atoms in total. The summed E-state index contributed by atoms with van der Waals surface area (Å²) in [6.07, 6.45) is 0. The van der Waals surface area contributed by atoms with Gasteiger partial charge in [0.15, 0.2) is 5.78 Å². The summed E-state index contributed by atoms with van der Waals surface area (Å²) in [6.45, 7) is 3.83. The summed E-state index contributed by atoms with van der Waals surface area (Å²) < 4.78 is 13.6. The molecular formula is C14H19FN2O2S. The SMILES string of the molecule is CNC(C)CNC(=O)CSc1ccc(C(C)=O)c(F)c1. The van der Waals surface area contributed by atoms with Gasteiger partial charge in [-0.05, 0) is 39.1 Å². The van der Waals surface area contributed by atoms with E-state index in [-0.39, 0.29) is 29.0 Å². The number of ketones is 1. The number of likely N-dealkylation sites (N-methyl/N-ethyl adjacent to an activating group) is 1. The summed E-state index contributed by atoms with van der Waals surface area (Å²) in [7, 11) is 1.82. The molecule has 2 N–H and O–H groups in total. The van der Waals surface area contributed by atoms with Crippen LogP contribution in [0.4, 0.5) is 4.39 Å². The van der Waals surface area contributed by atoms with Crippen LogP contribution in [0.3, 0.4) is 0 Å². The maximum absolute atomic E-state index is 13.6. The van der Waals surface area contributed by atoms with E-state index in [2.05, 4.69) is 10.6 Å². The molecule has 1 atom stereocenters. The van der Waals surface area contributed by atoms with Crippen molar-refractivity contribution >= 4 is 23.5 Å². The summed E-state index contributed by atoms with van der Waals surface area (Å²) >= 11 is 1.24. The normalized spacial score (nSPS) is 12.0. The smallest absolute Gasteiger partial charge is 0.230 e. The first-order chi connectivity index (χ1) is 9.43. The average molecular weight is 298 g/mol. The lowest BCUT2D eigenvalue weighted by Gasteiger charge is -2.11. The van der Waals surface area contributed by atoms with E-state index in [0.29, 0.717) is 11.4 Å². The highest BCUT2D eigenvalue weighted by Crippen LogP contribution is 2.21. The Morgan fingerprint density at radius 1 is 1.40 bits per heavy atom. The van der Waals surface area contributed by atoms with Gasteiger partial charge in [-0.1, -0.05) is 0 Å². The lowest BCUT2D eigenvalue weighted by molar-refractivity contribution is -0.118. The Bertz CT molecular complexity index is 494. The highest BCUT2D eigenvalue weighted by Gasteiger charge is 2.09. The molecule has 0 saturated carbocycles. The van der Waals surface area contributed by atoms with Crippen LogP contribution in [0.5, 0.6) is 0 Å². The largest absolute Gasteiger partial charge is 0.354 e. The highest BCUT2D eigenvalue weighted by atomic mass is 32.2. The molecule has 1 amide bonds. The third kappa shape index (κ3) is 5.30. The molecule has 20 heavy (non-hydrogen) atoms. The number of rotatable bonds is 7. The van der Waals surface area contributed by atoms with Crippen LogP contribution in [0.2, 0.25) is 0 Å². The second kappa shape index (κ2) is 8.01. The van der Waals surface area contributed by atoms with Crippen LogP contribution in [-0.2, 0) is 4.79 Å². The fourth-order valence-electron chi connectivity index (χ4n) is 1.44.